The van der Waals surface area contributed by atoms with Gasteiger partial charge in [0, 0.05) is 0 Å². The summed E-state index contributed by atoms with van der Waals surface area (Å²) in [5, 5.41) is 45.2. The molecule has 0 aromatic carbocycles. The van der Waals surface area contributed by atoms with Crippen molar-refractivity contribution in [2.24, 2.45) is 5.73 Å². The van der Waals surface area contributed by atoms with E-state index in [1.807, 2.05) is 0 Å². The van der Waals surface area contributed by atoms with Crippen LogP contribution in [-0.2, 0) is 9.53 Å². The standard InChI is InChI=1S/C8H17NO7/c9-1-6(13)16-3-5(12)8(15)7(14)4(11)2-10/h4-5,7-8,10-12,14-15H,1-3,9H2/t4-,5+,7-,8-/m1/s1. The molecule has 0 rings (SSSR count). The number of nitrogens with two attached hydrogens (primary N) is 1. The van der Waals surface area contributed by atoms with Crippen LogP contribution >= 0.6 is 0 Å². The molecule has 4 atom stereocenters. The third-order valence-electron chi connectivity index (χ3n) is 1.91. The molecule has 8 nitrogen and oxygen atoms in total. The minimum absolute atomic E-state index is 0.370. The molecule has 0 unspecified atom stereocenters. The van der Waals surface area contributed by atoms with Crippen LogP contribution < -0.4 is 5.73 Å². The van der Waals surface area contributed by atoms with Gasteiger partial charge in [0.15, 0.2) is 0 Å². The van der Waals surface area contributed by atoms with E-state index < -0.39 is 43.6 Å². The number of hydrogen-bond acceptors (Lipinski definition) is 8. The van der Waals surface area contributed by atoms with E-state index in [1.54, 1.807) is 0 Å². The van der Waals surface area contributed by atoms with Crippen molar-refractivity contribution in [3.63, 3.8) is 0 Å². The molecular formula is C8H17NO7. The van der Waals surface area contributed by atoms with Gasteiger partial charge in [-0.25, -0.2) is 0 Å². The van der Waals surface area contributed by atoms with Gasteiger partial charge in [0.2, 0.25) is 0 Å². The molecule has 8 heteroatoms. The molecule has 0 spiro atoms. The molecule has 0 radical (unpaired) electrons. The highest BCUT2D eigenvalue weighted by atomic mass is 16.5. The maximum absolute atomic E-state index is 10.6. The fraction of sp³-hybridized carbons (Fsp3) is 0.875. The van der Waals surface area contributed by atoms with Crippen LogP contribution in [0.5, 0.6) is 0 Å². The van der Waals surface area contributed by atoms with Crippen LogP contribution in [0.1, 0.15) is 0 Å². The predicted molar refractivity (Wildman–Crippen MR) is 51.1 cm³/mol. The Morgan fingerprint density at radius 3 is 2.06 bits per heavy atom. The Morgan fingerprint density at radius 2 is 1.62 bits per heavy atom. The summed E-state index contributed by atoms with van der Waals surface area (Å²) < 4.78 is 4.41. The lowest BCUT2D eigenvalue weighted by Gasteiger charge is -2.25. The van der Waals surface area contributed by atoms with E-state index >= 15 is 0 Å². The molecule has 16 heavy (non-hydrogen) atoms. The molecule has 0 aliphatic rings. The van der Waals surface area contributed by atoms with Gasteiger partial charge in [0.25, 0.3) is 0 Å². The van der Waals surface area contributed by atoms with E-state index in [1.165, 1.54) is 0 Å². The third kappa shape index (κ3) is 4.84. The van der Waals surface area contributed by atoms with Gasteiger partial charge < -0.3 is 36.0 Å². The summed E-state index contributed by atoms with van der Waals surface area (Å²) in [7, 11) is 0. The largest absolute Gasteiger partial charge is 0.462 e. The zero-order valence-corrected chi connectivity index (χ0v) is 8.56. The molecule has 7 N–H and O–H groups in total. The van der Waals surface area contributed by atoms with Crippen molar-refractivity contribution in [3.05, 3.63) is 0 Å². The molecule has 96 valence electrons. The topological polar surface area (TPSA) is 153 Å². The first-order valence-electron chi connectivity index (χ1n) is 4.62. The van der Waals surface area contributed by atoms with Crippen LogP contribution in [0.25, 0.3) is 0 Å². The van der Waals surface area contributed by atoms with Crippen molar-refractivity contribution in [2.45, 2.75) is 24.4 Å². The van der Waals surface area contributed by atoms with E-state index in [4.69, 9.17) is 15.9 Å². The average Bonchev–Trinajstić information content (AvgIpc) is 2.32. The molecular weight excluding hydrogens is 222 g/mol. The van der Waals surface area contributed by atoms with Gasteiger partial charge >= 0.3 is 5.97 Å². The van der Waals surface area contributed by atoms with Crippen molar-refractivity contribution >= 4 is 5.97 Å². The summed E-state index contributed by atoms with van der Waals surface area (Å²) in [5.41, 5.74) is 4.92. The number of aliphatic hydroxyl groups excluding tert-OH is 5. The van der Waals surface area contributed by atoms with Crippen LogP contribution in [0.2, 0.25) is 0 Å². The van der Waals surface area contributed by atoms with Gasteiger partial charge in [0.05, 0.1) is 13.2 Å². The van der Waals surface area contributed by atoms with E-state index in [9.17, 15) is 20.1 Å². The zero-order chi connectivity index (χ0) is 12.7. The van der Waals surface area contributed by atoms with E-state index in [2.05, 4.69) is 4.74 Å². The lowest BCUT2D eigenvalue weighted by Crippen LogP contribution is -2.47. The third-order valence-corrected chi connectivity index (χ3v) is 1.91. The Bertz CT molecular complexity index is 213. The van der Waals surface area contributed by atoms with Gasteiger partial charge in [-0.2, -0.15) is 0 Å². The van der Waals surface area contributed by atoms with E-state index in [0.29, 0.717) is 0 Å². The lowest BCUT2D eigenvalue weighted by atomic mass is 10.0. The Balaban J connectivity index is 4.06. The molecule has 0 heterocycles. The predicted octanol–water partition coefficient (Wildman–Crippen LogP) is -4.08. The lowest BCUT2D eigenvalue weighted by molar-refractivity contribution is -0.154. The molecule has 0 bridgehead atoms. The van der Waals surface area contributed by atoms with E-state index in [0.717, 1.165) is 0 Å². The summed E-state index contributed by atoms with van der Waals surface area (Å²) in [6.07, 6.45) is -6.65. The number of carbonyl (C=O) groups excluding carboxylic acids is 1. The number of carbonyl (C=O) groups is 1. The second-order valence-electron chi connectivity index (χ2n) is 3.19. The molecule has 0 aromatic rings. The quantitative estimate of drug-likeness (QED) is 0.245. The second-order valence-corrected chi connectivity index (χ2v) is 3.19. The Morgan fingerprint density at radius 1 is 1.12 bits per heavy atom. The first-order chi connectivity index (χ1) is 7.43. The van der Waals surface area contributed by atoms with Gasteiger partial charge in [-0.05, 0) is 0 Å². The maximum atomic E-state index is 10.6. The molecule has 0 fully saturated rings. The summed E-state index contributed by atoms with van der Waals surface area (Å²) >= 11 is 0. The number of esters is 1. The van der Waals surface area contributed by atoms with Crippen LogP contribution in [0, 0.1) is 0 Å². The summed E-state index contributed by atoms with van der Waals surface area (Å²) in [5.74, 6) is -0.775. The van der Waals surface area contributed by atoms with Crippen LogP contribution in [0.15, 0.2) is 0 Å². The Hall–Kier alpha value is -0.770. The second kappa shape index (κ2) is 7.49. The minimum atomic E-state index is -1.74. The van der Waals surface area contributed by atoms with Gasteiger partial charge in [-0.15, -0.1) is 0 Å². The van der Waals surface area contributed by atoms with Crippen LogP contribution in [0.3, 0.4) is 0 Å². The molecule has 0 saturated carbocycles. The summed E-state index contributed by atoms with van der Waals surface area (Å²) in [6, 6.07) is 0. The zero-order valence-electron chi connectivity index (χ0n) is 8.56. The fourth-order valence-corrected chi connectivity index (χ4v) is 0.899. The Labute approximate surface area is 91.9 Å². The van der Waals surface area contributed by atoms with E-state index in [-0.39, 0.29) is 6.54 Å². The normalized spacial score (nSPS) is 18.6. The highest BCUT2D eigenvalue weighted by Gasteiger charge is 2.30. The number of ether oxygens (including phenoxy) is 1. The molecule has 0 aliphatic carbocycles. The van der Waals surface area contributed by atoms with Crippen molar-refractivity contribution in [1.82, 2.24) is 0 Å². The summed E-state index contributed by atoms with van der Waals surface area (Å²) in [4.78, 5) is 10.6. The van der Waals surface area contributed by atoms with Gasteiger partial charge in [-0.1, -0.05) is 0 Å². The highest BCUT2D eigenvalue weighted by molar-refractivity contribution is 5.71. The van der Waals surface area contributed by atoms with Crippen molar-refractivity contribution < 1.29 is 35.1 Å². The SMILES string of the molecule is NCC(=O)OC[C@H](O)[C@@H](O)[C@H](O)[C@H](O)CO. The molecule has 0 aromatic heterocycles. The first-order valence-corrected chi connectivity index (χ1v) is 4.62. The molecule has 0 amide bonds. The van der Waals surface area contributed by atoms with Crippen molar-refractivity contribution in [2.75, 3.05) is 19.8 Å². The average molecular weight is 239 g/mol. The Kier molecular flexibility index (Phi) is 7.13. The number of aliphatic hydroxyl groups is 5. The molecule has 0 saturated heterocycles. The van der Waals surface area contributed by atoms with Gasteiger partial charge in [0.1, 0.15) is 31.0 Å². The van der Waals surface area contributed by atoms with Crippen molar-refractivity contribution in [1.29, 1.82) is 0 Å². The smallest absolute Gasteiger partial charge is 0.319 e. The molecule has 0 aliphatic heterocycles. The highest BCUT2D eigenvalue weighted by Crippen LogP contribution is 2.05. The van der Waals surface area contributed by atoms with Crippen LogP contribution in [0.4, 0.5) is 0 Å². The van der Waals surface area contributed by atoms with Crippen LogP contribution in [-0.4, -0.2) is 75.7 Å². The van der Waals surface area contributed by atoms with Gasteiger partial charge in [-0.3, -0.25) is 4.79 Å². The number of rotatable bonds is 7. The first kappa shape index (κ1) is 15.2. The maximum Gasteiger partial charge on any atom is 0.319 e. The fourth-order valence-electron chi connectivity index (χ4n) is 0.899. The summed E-state index contributed by atoms with van der Waals surface area (Å²) in [6.45, 7) is -1.70. The van der Waals surface area contributed by atoms with Crippen molar-refractivity contribution in [3.8, 4) is 0 Å². The number of hydrogen-bond donors (Lipinski definition) is 6. The monoisotopic (exact) mass is 239 g/mol. The minimum Gasteiger partial charge on any atom is -0.462 e.